The van der Waals surface area contributed by atoms with Gasteiger partial charge >= 0.3 is 18.1 Å². The molecule has 0 bridgehead atoms. The lowest BCUT2D eigenvalue weighted by molar-refractivity contribution is -0.675. The molecule has 0 aliphatic carbocycles. The van der Waals surface area contributed by atoms with Gasteiger partial charge in [0.15, 0.2) is 0 Å². The summed E-state index contributed by atoms with van der Waals surface area (Å²) in [5.74, 6) is -3.30. The molecule has 8 nitrogen and oxygen atoms in total. The molecule has 0 aromatic carbocycles. The molecule has 0 saturated carbocycles. The molecule has 1 rings (SSSR count). The lowest BCUT2D eigenvalue weighted by atomic mass is 10.1. The summed E-state index contributed by atoms with van der Waals surface area (Å²) in [5, 5.41) is 10.9. The van der Waals surface area contributed by atoms with Gasteiger partial charge in [-0.3, -0.25) is 0 Å². The average molecular weight is 466 g/mol. The van der Waals surface area contributed by atoms with Gasteiger partial charge in [-0.2, -0.15) is 13.2 Å². The number of aliphatic carboxylic acids is 1. The summed E-state index contributed by atoms with van der Waals surface area (Å²) >= 11 is 0. The Morgan fingerprint density at radius 1 is 1.09 bits per heavy atom. The summed E-state index contributed by atoms with van der Waals surface area (Å²) in [5.41, 5.74) is 1.62. The first kappa shape index (κ1) is 29.4. The molecule has 3 N–H and O–H groups in total. The molecule has 1 aromatic rings. The van der Waals surface area contributed by atoms with Crippen molar-refractivity contribution < 1.29 is 47.5 Å². The second-order valence-electron chi connectivity index (χ2n) is 8.32. The topological polar surface area (TPSA) is 125 Å². The molecule has 0 fully saturated rings. The zero-order valence-corrected chi connectivity index (χ0v) is 19.6. The van der Waals surface area contributed by atoms with Gasteiger partial charge in [0.25, 0.3) is 0 Å². The number of hydrogen-bond donors (Lipinski definition) is 2. The number of aromatic amines is 1. The van der Waals surface area contributed by atoms with Gasteiger partial charge in [-0.1, -0.05) is 20.8 Å². The Kier molecular flexibility index (Phi) is 11.5. The number of nitrogens with two attached hydrogens (primary N) is 1. The smallest absolute Gasteiger partial charge is 0.430 e. The summed E-state index contributed by atoms with van der Waals surface area (Å²) in [7, 11) is 0. The molecular formula is C21H33F3N2O6. The van der Waals surface area contributed by atoms with E-state index in [1.807, 2.05) is 27.7 Å². The van der Waals surface area contributed by atoms with Crippen LogP contribution in [0.15, 0.2) is 0 Å². The number of alkyl halides is 3. The van der Waals surface area contributed by atoms with Gasteiger partial charge in [0.1, 0.15) is 23.8 Å². The predicted molar refractivity (Wildman–Crippen MR) is 108 cm³/mol. The van der Waals surface area contributed by atoms with Crippen LogP contribution in [0.3, 0.4) is 0 Å². The first-order valence-electron chi connectivity index (χ1n) is 10.3. The van der Waals surface area contributed by atoms with Gasteiger partial charge < -0.3 is 29.7 Å². The highest BCUT2D eigenvalue weighted by molar-refractivity contribution is 5.98. The molecule has 0 aliphatic rings. The van der Waals surface area contributed by atoms with Crippen molar-refractivity contribution in [3.05, 3.63) is 22.5 Å². The van der Waals surface area contributed by atoms with E-state index < -0.39 is 29.7 Å². The second-order valence-corrected chi connectivity index (χ2v) is 8.32. The highest BCUT2D eigenvalue weighted by Gasteiger charge is 2.30. The molecule has 0 unspecified atom stereocenters. The zero-order chi connectivity index (χ0) is 25.3. The number of nitrogens with one attached hydrogen (secondary N) is 1. The number of carbonyl (C=O) groups is 3. The van der Waals surface area contributed by atoms with Crippen LogP contribution in [-0.2, 0) is 27.2 Å². The van der Waals surface area contributed by atoms with Crippen molar-refractivity contribution in [1.82, 2.24) is 4.98 Å². The Morgan fingerprint density at radius 3 is 2.00 bits per heavy atom. The van der Waals surface area contributed by atoms with Crippen LogP contribution in [0.2, 0.25) is 0 Å². The minimum Gasteiger partial charge on any atom is -0.542 e. The number of carboxylic acids is 1. The number of rotatable bonds is 8. The van der Waals surface area contributed by atoms with E-state index in [2.05, 4.69) is 24.1 Å². The summed E-state index contributed by atoms with van der Waals surface area (Å²) in [4.78, 5) is 36.9. The lowest BCUT2D eigenvalue weighted by Crippen LogP contribution is -2.83. The molecule has 184 valence electrons. The lowest BCUT2D eigenvalue weighted by Gasteiger charge is -2.19. The molecule has 0 radical (unpaired) electrons. The Labute approximate surface area is 185 Å². The third-order valence-corrected chi connectivity index (χ3v) is 3.84. The van der Waals surface area contributed by atoms with Crippen molar-refractivity contribution in [2.45, 2.75) is 73.2 Å². The van der Waals surface area contributed by atoms with Gasteiger partial charge in [0, 0.05) is 5.92 Å². The minimum atomic E-state index is -5.19. The van der Waals surface area contributed by atoms with Crippen LogP contribution in [-0.4, -0.2) is 47.8 Å². The predicted octanol–water partition coefficient (Wildman–Crippen LogP) is 1.73. The zero-order valence-electron chi connectivity index (χ0n) is 19.6. The van der Waals surface area contributed by atoms with E-state index in [1.54, 1.807) is 6.92 Å². The van der Waals surface area contributed by atoms with E-state index in [4.69, 9.17) is 19.4 Å². The SMILES string of the molecule is CCOC(=O)c1c(C[NH2+]CC(C)C)[nH]c(C(=O)OC(C)(C)C)c1CC.O=C([O-])C(F)(F)F. The van der Waals surface area contributed by atoms with Crippen LogP contribution < -0.4 is 10.4 Å². The number of hydrogen-bond acceptors (Lipinski definition) is 6. The van der Waals surface area contributed by atoms with Gasteiger partial charge in [0.05, 0.1) is 24.4 Å². The first-order chi connectivity index (χ1) is 14.5. The fourth-order valence-corrected chi connectivity index (χ4v) is 2.62. The van der Waals surface area contributed by atoms with Crippen LogP contribution in [0, 0.1) is 5.92 Å². The van der Waals surface area contributed by atoms with Crippen molar-refractivity contribution in [1.29, 1.82) is 0 Å². The van der Waals surface area contributed by atoms with Gasteiger partial charge in [-0.25, -0.2) is 9.59 Å². The maximum Gasteiger partial charge on any atom is 0.430 e. The quantitative estimate of drug-likeness (QED) is 0.562. The summed E-state index contributed by atoms with van der Waals surface area (Å²) in [6.07, 6.45) is -4.65. The fraction of sp³-hybridized carbons (Fsp3) is 0.667. The van der Waals surface area contributed by atoms with Crippen LogP contribution in [0.1, 0.15) is 80.6 Å². The van der Waals surface area contributed by atoms with Gasteiger partial charge in [0.2, 0.25) is 0 Å². The Morgan fingerprint density at radius 2 is 1.62 bits per heavy atom. The molecular weight excluding hydrogens is 433 g/mol. The average Bonchev–Trinajstić information content (AvgIpc) is 2.98. The number of carbonyl (C=O) groups excluding carboxylic acids is 3. The highest BCUT2D eigenvalue weighted by Crippen LogP contribution is 2.23. The summed E-state index contributed by atoms with van der Waals surface area (Å²) in [6.45, 7) is 15.3. The van der Waals surface area contributed by atoms with Crippen molar-refractivity contribution in [2.24, 2.45) is 5.92 Å². The largest absolute Gasteiger partial charge is 0.542 e. The van der Waals surface area contributed by atoms with Gasteiger partial charge in [-0.05, 0) is 39.7 Å². The molecule has 1 heterocycles. The third kappa shape index (κ3) is 10.2. The van der Waals surface area contributed by atoms with E-state index in [0.29, 0.717) is 42.3 Å². The minimum absolute atomic E-state index is 0.296. The molecule has 11 heteroatoms. The normalized spacial score (nSPS) is 11.6. The second kappa shape index (κ2) is 12.5. The van der Waals surface area contributed by atoms with E-state index in [-0.39, 0.29) is 0 Å². The van der Waals surface area contributed by atoms with Crippen molar-refractivity contribution in [2.75, 3.05) is 13.2 Å². The molecule has 0 saturated heterocycles. The highest BCUT2D eigenvalue weighted by atomic mass is 19.4. The van der Waals surface area contributed by atoms with Crippen molar-refractivity contribution >= 4 is 17.9 Å². The van der Waals surface area contributed by atoms with E-state index in [9.17, 15) is 22.8 Å². The monoisotopic (exact) mass is 466 g/mol. The molecule has 0 spiro atoms. The van der Waals surface area contributed by atoms with Crippen LogP contribution in [0.5, 0.6) is 0 Å². The molecule has 0 atom stereocenters. The Hall–Kier alpha value is -2.56. The third-order valence-electron chi connectivity index (χ3n) is 3.84. The number of carboxylic acid groups (broad SMARTS) is 1. The molecule has 32 heavy (non-hydrogen) atoms. The van der Waals surface area contributed by atoms with Gasteiger partial charge in [-0.15, -0.1) is 0 Å². The number of esters is 2. The number of halogens is 3. The molecule has 1 aromatic heterocycles. The van der Waals surface area contributed by atoms with E-state index >= 15 is 0 Å². The molecule has 0 aliphatic heterocycles. The van der Waals surface area contributed by atoms with E-state index in [0.717, 1.165) is 12.2 Å². The maximum atomic E-state index is 12.6. The van der Waals surface area contributed by atoms with Crippen LogP contribution >= 0.6 is 0 Å². The van der Waals surface area contributed by atoms with Crippen molar-refractivity contribution in [3.8, 4) is 0 Å². The molecule has 0 amide bonds. The summed E-state index contributed by atoms with van der Waals surface area (Å²) < 4.78 is 42.2. The number of aromatic nitrogens is 1. The maximum absolute atomic E-state index is 12.6. The summed E-state index contributed by atoms with van der Waals surface area (Å²) in [6, 6.07) is 0. The number of quaternary nitrogens is 1. The standard InChI is InChI=1S/C19H32N2O4.C2HF3O2/c1-8-13-15(17(22)24-9-2)14(11-20-10-12(3)4)21-16(13)18(23)25-19(5,6)7;3-2(4,5)1(6)7/h12,20-21H,8-11H2,1-7H3;(H,6,7). The Bertz CT molecular complexity index is 780. The van der Waals surface area contributed by atoms with E-state index in [1.165, 1.54) is 0 Å². The van der Waals surface area contributed by atoms with Crippen LogP contribution in [0.25, 0.3) is 0 Å². The first-order valence-corrected chi connectivity index (χ1v) is 10.3. The van der Waals surface area contributed by atoms with Crippen LogP contribution in [0.4, 0.5) is 13.2 Å². The van der Waals surface area contributed by atoms with Crippen molar-refractivity contribution in [3.63, 3.8) is 0 Å². The Balaban J connectivity index is 0.00000118. The fourth-order valence-electron chi connectivity index (χ4n) is 2.62. The number of ether oxygens (including phenoxy) is 2. The number of H-pyrrole nitrogens is 1.